The van der Waals surface area contributed by atoms with Crippen molar-refractivity contribution in [3.63, 3.8) is 0 Å². The largest absolute Gasteiger partial charge is 0.481 e. The van der Waals surface area contributed by atoms with Crippen molar-refractivity contribution in [2.45, 2.75) is 33.6 Å². The molecule has 0 unspecified atom stereocenters. The second-order valence-electron chi connectivity index (χ2n) is 5.39. The molecule has 0 radical (unpaired) electrons. The van der Waals surface area contributed by atoms with Gasteiger partial charge in [0, 0.05) is 24.2 Å². The van der Waals surface area contributed by atoms with Crippen LogP contribution >= 0.6 is 0 Å². The van der Waals surface area contributed by atoms with Crippen molar-refractivity contribution in [3.8, 4) is 0 Å². The van der Waals surface area contributed by atoms with Crippen molar-refractivity contribution in [2.75, 3.05) is 11.4 Å². The number of aliphatic carboxylic acids is 1. The Balaban J connectivity index is 3.04. The number of rotatable bonds is 7. The number of carboxylic acid groups (broad SMARTS) is 1. The highest BCUT2D eigenvalue weighted by atomic mass is 16.4. The molecule has 0 saturated carbocycles. The molecule has 0 fully saturated rings. The van der Waals surface area contributed by atoms with Crippen LogP contribution in [0, 0.1) is 5.92 Å². The third-order valence-electron chi connectivity index (χ3n) is 3.00. The summed E-state index contributed by atoms with van der Waals surface area (Å²) in [6.07, 6.45) is 0.206. The van der Waals surface area contributed by atoms with Gasteiger partial charge in [-0.25, -0.2) is 0 Å². The molecular formula is C16H21NO4. The van der Waals surface area contributed by atoms with Crippen LogP contribution in [0.1, 0.15) is 44.0 Å². The van der Waals surface area contributed by atoms with Crippen LogP contribution in [-0.2, 0) is 9.59 Å². The summed E-state index contributed by atoms with van der Waals surface area (Å²) in [4.78, 5) is 35.9. The fourth-order valence-corrected chi connectivity index (χ4v) is 1.96. The van der Waals surface area contributed by atoms with E-state index in [-0.39, 0.29) is 30.6 Å². The summed E-state index contributed by atoms with van der Waals surface area (Å²) in [7, 11) is 0. The zero-order valence-electron chi connectivity index (χ0n) is 12.6. The average molecular weight is 291 g/mol. The molecule has 0 aliphatic carbocycles. The number of hydrogen-bond donors (Lipinski definition) is 1. The van der Waals surface area contributed by atoms with Crippen molar-refractivity contribution < 1.29 is 19.5 Å². The van der Waals surface area contributed by atoms with E-state index in [1.807, 2.05) is 13.8 Å². The first kappa shape index (κ1) is 16.9. The van der Waals surface area contributed by atoms with Crippen LogP contribution in [0.5, 0.6) is 0 Å². The molecule has 0 bridgehead atoms. The molecule has 0 aliphatic rings. The van der Waals surface area contributed by atoms with E-state index in [2.05, 4.69) is 0 Å². The van der Waals surface area contributed by atoms with E-state index in [0.29, 0.717) is 17.7 Å². The van der Waals surface area contributed by atoms with Gasteiger partial charge in [-0.1, -0.05) is 26.0 Å². The molecule has 0 saturated heterocycles. The van der Waals surface area contributed by atoms with Gasteiger partial charge in [0.05, 0.1) is 6.42 Å². The maximum absolute atomic E-state index is 12.3. The highest BCUT2D eigenvalue weighted by Gasteiger charge is 2.18. The van der Waals surface area contributed by atoms with Gasteiger partial charge in [-0.15, -0.1) is 0 Å². The lowest BCUT2D eigenvalue weighted by atomic mass is 10.1. The van der Waals surface area contributed by atoms with Crippen molar-refractivity contribution in [1.82, 2.24) is 0 Å². The lowest BCUT2D eigenvalue weighted by Gasteiger charge is -2.23. The maximum Gasteiger partial charge on any atom is 0.305 e. The van der Waals surface area contributed by atoms with Crippen LogP contribution in [0.3, 0.4) is 0 Å². The van der Waals surface area contributed by atoms with Crippen molar-refractivity contribution in [1.29, 1.82) is 0 Å². The second kappa shape index (κ2) is 7.57. The molecular weight excluding hydrogens is 270 g/mol. The fraction of sp³-hybridized carbons (Fsp3) is 0.438. The molecule has 0 spiro atoms. The van der Waals surface area contributed by atoms with E-state index in [9.17, 15) is 14.4 Å². The average Bonchev–Trinajstić information content (AvgIpc) is 2.38. The molecule has 21 heavy (non-hydrogen) atoms. The van der Waals surface area contributed by atoms with Gasteiger partial charge < -0.3 is 10.0 Å². The number of nitrogens with zero attached hydrogens (tertiary/aromatic N) is 1. The first-order chi connectivity index (χ1) is 9.81. The summed E-state index contributed by atoms with van der Waals surface area (Å²) in [6, 6.07) is 6.71. The molecule has 1 rings (SSSR count). The lowest BCUT2D eigenvalue weighted by Crippen LogP contribution is -2.33. The van der Waals surface area contributed by atoms with Gasteiger partial charge in [0.15, 0.2) is 5.78 Å². The zero-order valence-corrected chi connectivity index (χ0v) is 12.6. The highest BCUT2D eigenvalue weighted by molar-refractivity contribution is 5.98. The number of Topliss-reactive ketones (excluding diaryl/α,β-unsaturated/α-hetero) is 1. The van der Waals surface area contributed by atoms with E-state index < -0.39 is 5.97 Å². The summed E-state index contributed by atoms with van der Waals surface area (Å²) in [5.74, 6) is -1.00. The van der Waals surface area contributed by atoms with E-state index in [1.165, 1.54) is 11.8 Å². The summed E-state index contributed by atoms with van der Waals surface area (Å²) in [5, 5.41) is 8.82. The van der Waals surface area contributed by atoms with Crippen LogP contribution in [0.2, 0.25) is 0 Å². The Kier molecular flexibility index (Phi) is 6.09. The van der Waals surface area contributed by atoms with Gasteiger partial charge >= 0.3 is 5.97 Å². The van der Waals surface area contributed by atoms with Crippen LogP contribution < -0.4 is 4.90 Å². The molecule has 0 atom stereocenters. The summed E-state index contributed by atoms with van der Waals surface area (Å²) >= 11 is 0. The van der Waals surface area contributed by atoms with Gasteiger partial charge in [-0.2, -0.15) is 0 Å². The van der Waals surface area contributed by atoms with Crippen molar-refractivity contribution in [2.24, 2.45) is 5.92 Å². The van der Waals surface area contributed by atoms with E-state index >= 15 is 0 Å². The molecule has 5 heteroatoms. The summed E-state index contributed by atoms with van der Waals surface area (Å²) < 4.78 is 0. The van der Waals surface area contributed by atoms with Crippen molar-refractivity contribution >= 4 is 23.3 Å². The predicted molar refractivity (Wildman–Crippen MR) is 80.5 cm³/mol. The Hall–Kier alpha value is -2.17. The molecule has 1 aromatic carbocycles. The van der Waals surface area contributed by atoms with E-state index in [1.54, 1.807) is 24.3 Å². The fourth-order valence-electron chi connectivity index (χ4n) is 1.96. The first-order valence-corrected chi connectivity index (χ1v) is 6.94. The van der Waals surface area contributed by atoms with Gasteiger partial charge in [0.25, 0.3) is 0 Å². The number of carbonyl (C=O) groups excluding carboxylic acids is 2. The molecule has 5 nitrogen and oxygen atoms in total. The number of benzene rings is 1. The normalized spacial score (nSPS) is 10.5. The molecule has 1 aromatic rings. The number of amides is 1. The highest BCUT2D eigenvalue weighted by Crippen LogP contribution is 2.19. The Morgan fingerprint density at radius 2 is 1.90 bits per heavy atom. The van der Waals surface area contributed by atoms with Crippen molar-refractivity contribution in [3.05, 3.63) is 29.8 Å². The Morgan fingerprint density at radius 1 is 1.24 bits per heavy atom. The number of anilines is 1. The van der Waals surface area contributed by atoms with Crippen LogP contribution in [0.4, 0.5) is 5.69 Å². The number of ketones is 1. The summed E-state index contributed by atoms with van der Waals surface area (Å²) in [5.41, 5.74) is 1.07. The number of hydrogen-bond acceptors (Lipinski definition) is 3. The third kappa shape index (κ3) is 5.38. The van der Waals surface area contributed by atoms with Gasteiger partial charge in [-0.3, -0.25) is 14.4 Å². The predicted octanol–water partition coefficient (Wildman–Crippen LogP) is 2.74. The first-order valence-electron chi connectivity index (χ1n) is 6.94. The molecule has 0 aliphatic heterocycles. The molecule has 0 aromatic heterocycles. The minimum atomic E-state index is -0.958. The summed E-state index contributed by atoms with van der Waals surface area (Å²) in [6.45, 7) is 5.41. The lowest BCUT2D eigenvalue weighted by molar-refractivity contribution is -0.136. The Bertz CT molecular complexity index is 537. The third-order valence-corrected chi connectivity index (χ3v) is 3.00. The molecule has 1 N–H and O–H groups in total. The SMILES string of the molecule is CC(=O)c1cccc(N(CCC(=O)O)C(=O)CC(C)C)c1. The minimum Gasteiger partial charge on any atom is -0.481 e. The zero-order chi connectivity index (χ0) is 16.0. The van der Waals surface area contributed by atoms with Crippen LogP contribution in [-0.4, -0.2) is 29.3 Å². The quantitative estimate of drug-likeness (QED) is 0.784. The van der Waals surface area contributed by atoms with E-state index in [0.717, 1.165) is 0 Å². The minimum absolute atomic E-state index is 0.0913. The van der Waals surface area contributed by atoms with Gasteiger partial charge in [0.2, 0.25) is 5.91 Å². The Morgan fingerprint density at radius 3 is 2.43 bits per heavy atom. The molecule has 114 valence electrons. The smallest absolute Gasteiger partial charge is 0.305 e. The van der Waals surface area contributed by atoms with Crippen LogP contribution in [0.15, 0.2) is 24.3 Å². The van der Waals surface area contributed by atoms with Gasteiger partial charge in [-0.05, 0) is 25.0 Å². The monoisotopic (exact) mass is 291 g/mol. The second-order valence-corrected chi connectivity index (χ2v) is 5.39. The van der Waals surface area contributed by atoms with E-state index in [4.69, 9.17) is 5.11 Å². The van der Waals surface area contributed by atoms with Gasteiger partial charge in [0.1, 0.15) is 0 Å². The topological polar surface area (TPSA) is 74.7 Å². The van der Waals surface area contributed by atoms with Crippen LogP contribution in [0.25, 0.3) is 0 Å². The Labute approximate surface area is 124 Å². The maximum atomic E-state index is 12.3. The molecule has 0 heterocycles. The standard InChI is InChI=1S/C16H21NO4/c1-11(2)9-15(19)17(8-7-16(20)21)14-6-4-5-13(10-14)12(3)18/h4-6,10-11H,7-9H2,1-3H3,(H,20,21). The number of carbonyl (C=O) groups is 3. The molecule has 1 amide bonds. The number of carboxylic acids is 1.